The van der Waals surface area contributed by atoms with Crippen molar-refractivity contribution < 1.29 is 23.9 Å². The van der Waals surface area contributed by atoms with Crippen molar-refractivity contribution in [3.8, 4) is 0 Å². The fourth-order valence-corrected chi connectivity index (χ4v) is 2.72. The Labute approximate surface area is 143 Å². The zero-order valence-corrected chi connectivity index (χ0v) is 13.3. The lowest BCUT2D eigenvalue weighted by Crippen LogP contribution is -2.46. The molecule has 0 unspecified atom stereocenters. The average molecular weight is 343 g/mol. The maximum absolute atomic E-state index is 12.2. The van der Waals surface area contributed by atoms with Gasteiger partial charge in [0.05, 0.1) is 6.26 Å². The number of aromatic carboxylic acids is 1. The third-order valence-corrected chi connectivity index (χ3v) is 4.05. The monoisotopic (exact) mass is 343 g/mol. The lowest BCUT2D eigenvalue weighted by atomic mass is 10.0. The van der Waals surface area contributed by atoms with Crippen molar-refractivity contribution in [3.05, 3.63) is 53.7 Å². The molecule has 0 spiro atoms. The Kier molecular flexibility index (Phi) is 4.78. The summed E-state index contributed by atoms with van der Waals surface area (Å²) in [6.45, 7) is 1.01. The zero-order valence-electron chi connectivity index (χ0n) is 13.3. The molecular weight excluding hydrogens is 326 g/mol. The minimum atomic E-state index is -1.18. The predicted octanol–water partition coefficient (Wildman–Crippen LogP) is 1.41. The van der Waals surface area contributed by atoms with E-state index in [4.69, 9.17) is 9.52 Å². The van der Waals surface area contributed by atoms with E-state index in [2.05, 4.69) is 10.3 Å². The van der Waals surface area contributed by atoms with Crippen molar-refractivity contribution in [1.29, 1.82) is 0 Å². The van der Waals surface area contributed by atoms with E-state index in [1.165, 1.54) is 24.5 Å². The normalized spacial score (nSPS) is 15.0. The topological polar surface area (TPSA) is 113 Å². The molecule has 1 aliphatic rings. The Morgan fingerprint density at radius 1 is 1.12 bits per heavy atom. The minimum Gasteiger partial charge on any atom is -0.477 e. The van der Waals surface area contributed by atoms with Gasteiger partial charge in [-0.15, -0.1) is 0 Å². The van der Waals surface area contributed by atoms with E-state index >= 15 is 0 Å². The second-order valence-electron chi connectivity index (χ2n) is 5.73. The maximum atomic E-state index is 12.2. The highest BCUT2D eigenvalue weighted by molar-refractivity contribution is 5.94. The molecule has 0 atom stereocenters. The van der Waals surface area contributed by atoms with E-state index in [9.17, 15) is 14.4 Å². The number of hydrogen-bond acceptors (Lipinski definition) is 5. The van der Waals surface area contributed by atoms with Crippen molar-refractivity contribution in [2.45, 2.75) is 18.9 Å². The van der Waals surface area contributed by atoms with Gasteiger partial charge in [0, 0.05) is 19.1 Å². The van der Waals surface area contributed by atoms with Crippen LogP contribution in [0.5, 0.6) is 0 Å². The number of carbonyl (C=O) groups excluding carboxylic acids is 2. The van der Waals surface area contributed by atoms with E-state index in [0.717, 1.165) is 0 Å². The fourth-order valence-electron chi connectivity index (χ4n) is 2.72. The van der Waals surface area contributed by atoms with Crippen molar-refractivity contribution in [2.75, 3.05) is 13.1 Å². The number of pyridine rings is 1. The Balaban J connectivity index is 1.55. The summed E-state index contributed by atoms with van der Waals surface area (Å²) >= 11 is 0. The van der Waals surface area contributed by atoms with Crippen LogP contribution in [0.25, 0.3) is 0 Å². The maximum Gasteiger partial charge on any atom is 0.354 e. The third-order valence-electron chi connectivity index (χ3n) is 4.05. The first-order chi connectivity index (χ1) is 12.0. The molecule has 25 heavy (non-hydrogen) atoms. The Hall–Kier alpha value is -3.16. The smallest absolute Gasteiger partial charge is 0.354 e. The number of carboxylic acid groups (broad SMARTS) is 1. The van der Waals surface area contributed by atoms with Gasteiger partial charge in [0.1, 0.15) is 11.4 Å². The molecular formula is C17H17N3O5. The second-order valence-corrected chi connectivity index (χ2v) is 5.73. The number of furan rings is 1. The molecule has 2 amide bonds. The first kappa shape index (κ1) is 16.7. The quantitative estimate of drug-likeness (QED) is 0.868. The van der Waals surface area contributed by atoms with Crippen molar-refractivity contribution in [2.24, 2.45) is 0 Å². The summed E-state index contributed by atoms with van der Waals surface area (Å²) in [4.78, 5) is 40.9. The highest BCUT2D eigenvalue weighted by atomic mass is 16.4. The number of nitrogens with one attached hydrogen (secondary N) is 1. The van der Waals surface area contributed by atoms with Gasteiger partial charge in [-0.1, -0.05) is 6.07 Å². The zero-order chi connectivity index (χ0) is 17.8. The van der Waals surface area contributed by atoms with Crippen LogP contribution < -0.4 is 5.32 Å². The summed E-state index contributed by atoms with van der Waals surface area (Å²) in [6.07, 6.45) is 2.67. The molecule has 0 saturated carbocycles. The van der Waals surface area contributed by atoms with Crippen LogP contribution in [0.3, 0.4) is 0 Å². The molecule has 3 rings (SSSR count). The van der Waals surface area contributed by atoms with Gasteiger partial charge in [-0.05, 0) is 37.1 Å². The molecule has 0 aliphatic carbocycles. The first-order valence-electron chi connectivity index (χ1n) is 7.88. The number of amides is 2. The van der Waals surface area contributed by atoms with Crippen LogP contribution in [-0.2, 0) is 0 Å². The van der Waals surface area contributed by atoms with Crippen molar-refractivity contribution in [3.63, 3.8) is 0 Å². The van der Waals surface area contributed by atoms with Crippen LogP contribution in [0.2, 0.25) is 0 Å². The highest BCUT2D eigenvalue weighted by Gasteiger charge is 2.26. The molecule has 1 aliphatic heterocycles. The van der Waals surface area contributed by atoms with Gasteiger partial charge in [-0.2, -0.15) is 0 Å². The largest absolute Gasteiger partial charge is 0.477 e. The summed E-state index contributed by atoms with van der Waals surface area (Å²) in [5.74, 6) is -1.46. The number of carbonyl (C=O) groups is 3. The molecule has 1 fully saturated rings. The number of carboxylic acids is 1. The van der Waals surface area contributed by atoms with Crippen LogP contribution in [0, 0.1) is 0 Å². The summed E-state index contributed by atoms with van der Waals surface area (Å²) in [5, 5.41) is 11.8. The van der Waals surface area contributed by atoms with Crippen molar-refractivity contribution in [1.82, 2.24) is 15.2 Å². The summed E-state index contributed by atoms with van der Waals surface area (Å²) in [7, 11) is 0. The number of nitrogens with zero attached hydrogens (tertiary/aromatic N) is 2. The lowest BCUT2D eigenvalue weighted by Gasteiger charge is -2.31. The number of aromatic nitrogens is 1. The molecule has 2 N–H and O–H groups in total. The fraction of sp³-hybridized carbons (Fsp3) is 0.294. The highest BCUT2D eigenvalue weighted by Crippen LogP contribution is 2.15. The Bertz CT molecular complexity index is 779. The number of hydrogen-bond donors (Lipinski definition) is 2. The molecule has 2 aromatic heterocycles. The number of rotatable bonds is 4. The Morgan fingerprint density at radius 2 is 1.84 bits per heavy atom. The molecule has 0 radical (unpaired) electrons. The van der Waals surface area contributed by atoms with E-state index < -0.39 is 11.9 Å². The van der Waals surface area contributed by atoms with Gasteiger partial charge in [-0.3, -0.25) is 9.59 Å². The van der Waals surface area contributed by atoms with E-state index in [-0.39, 0.29) is 23.3 Å². The summed E-state index contributed by atoms with van der Waals surface area (Å²) < 4.78 is 5.11. The van der Waals surface area contributed by atoms with Crippen LogP contribution in [0.1, 0.15) is 44.4 Å². The number of likely N-dealkylation sites (tertiary alicyclic amines) is 1. The van der Waals surface area contributed by atoms with E-state index in [1.54, 1.807) is 17.0 Å². The van der Waals surface area contributed by atoms with Crippen LogP contribution >= 0.6 is 0 Å². The second kappa shape index (κ2) is 7.16. The molecule has 2 aromatic rings. The van der Waals surface area contributed by atoms with Gasteiger partial charge in [0.15, 0.2) is 5.76 Å². The molecule has 8 heteroatoms. The standard InChI is InChI=1S/C17H17N3O5/c21-15(12-3-1-4-13(19-12)17(23)24)18-11-6-8-20(9-7-11)16(22)14-5-2-10-25-14/h1-5,10-11H,6-9H2,(H,18,21)(H,23,24). The van der Waals surface area contributed by atoms with Crippen LogP contribution in [0.4, 0.5) is 0 Å². The third kappa shape index (κ3) is 3.85. The average Bonchev–Trinajstić information content (AvgIpc) is 3.16. The summed E-state index contributed by atoms with van der Waals surface area (Å²) in [5.41, 5.74) is -0.111. The van der Waals surface area contributed by atoms with E-state index in [0.29, 0.717) is 31.7 Å². The van der Waals surface area contributed by atoms with Crippen molar-refractivity contribution >= 4 is 17.8 Å². The van der Waals surface area contributed by atoms with Crippen LogP contribution in [-0.4, -0.2) is 51.9 Å². The SMILES string of the molecule is O=C(O)c1cccc(C(=O)NC2CCN(C(=O)c3ccco3)CC2)n1. The van der Waals surface area contributed by atoms with Gasteiger partial charge in [0.25, 0.3) is 11.8 Å². The lowest BCUT2D eigenvalue weighted by molar-refractivity contribution is 0.0665. The van der Waals surface area contributed by atoms with Gasteiger partial charge < -0.3 is 19.7 Å². The van der Waals surface area contributed by atoms with Gasteiger partial charge in [0.2, 0.25) is 0 Å². The Morgan fingerprint density at radius 3 is 2.48 bits per heavy atom. The minimum absolute atomic E-state index is 0.0639. The molecule has 0 bridgehead atoms. The number of piperidine rings is 1. The molecule has 1 saturated heterocycles. The predicted molar refractivity (Wildman–Crippen MR) is 86.3 cm³/mol. The summed E-state index contributed by atoms with van der Waals surface area (Å²) in [6, 6.07) is 7.48. The van der Waals surface area contributed by atoms with Gasteiger partial charge >= 0.3 is 5.97 Å². The first-order valence-corrected chi connectivity index (χ1v) is 7.88. The molecule has 0 aromatic carbocycles. The van der Waals surface area contributed by atoms with Gasteiger partial charge in [-0.25, -0.2) is 9.78 Å². The molecule has 8 nitrogen and oxygen atoms in total. The molecule has 130 valence electrons. The molecule has 3 heterocycles. The van der Waals surface area contributed by atoms with Crippen LogP contribution in [0.15, 0.2) is 41.0 Å². The van der Waals surface area contributed by atoms with E-state index in [1.807, 2.05) is 0 Å².